The van der Waals surface area contributed by atoms with Gasteiger partial charge in [-0.25, -0.2) is 4.98 Å². The number of hydrogen-bond donors (Lipinski definition) is 2. The summed E-state index contributed by atoms with van der Waals surface area (Å²) >= 11 is 0. The van der Waals surface area contributed by atoms with E-state index in [1.165, 1.54) is 0 Å². The first-order chi connectivity index (χ1) is 8.36. The molecular formula is C13H18N2O2. The monoisotopic (exact) mass is 234 g/mol. The Labute approximate surface area is 101 Å². The molecule has 4 nitrogen and oxygen atoms in total. The van der Waals surface area contributed by atoms with Crippen LogP contribution >= 0.6 is 0 Å². The van der Waals surface area contributed by atoms with Crippen molar-refractivity contribution >= 4 is 11.0 Å². The molecule has 2 aromatic rings. The molecule has 0 amide bonds. The van der Waals surface area contributed by atoms with Crippen molar-refractivity contribution in [3.63, 3.8) is 0 Å². The lowest BCUT2D eigenvalue weighted by molar-refractivity contribution is 0.277. The molecule has 1 heterocycles. The number of para-hydroxylation sites is 2. The fourth-order valence-corrected chi connectivity index (χ4v) is 2.03. The first kappa shape index (κ1) is 12.1. The number of aryl methyl sites for hydroxylation is 2. The van der Waals surface area contributed by atoms with Crippen molar-refractivity contribution in [2.75, 3.05) is 13.2 Å². The van der Waals surface area contributed by atoms with E-state index in [4.69, 9.17) is 10.2 Å². The molecule has 0 unspecified atom stereocenters. The van der Waals surface area contributed by atoms with Crippen LogP contribution in [0.1, 0.15) is 18.7 Å². The molecule has 0 saturated carbocycles. The highest BCUT2D eigenvalue weighted by molar-refractivity contribution is 5.75. The SMILES string of the molecule is OCCCc1nc2ccccc2n1CCCO. The first-order valence-corrected chi connectivity index (χ1v) is 6.02. The summed E-state index contributed by atoms with van der Waals surface area (Å²) in [6.07, 6.45) is 2.23. The van der Waals surface area contributed by atoms with Gasteiger partial charge >= 0.3 is 0 Å². The minimum atomic E-state index is 0.184. The molecule has 0 atom stereocenters. The Morgan fingerprint density at radius 1 is 1.06 bits per heavy atom. The zero-order valence-corrected chi connectivity index (χ0v) is 9.84. The highest BCUT2D eigenvalue weighted by atomic mass is 16.3. The van der Waals surface area contributed by atoms with Gasteiger partial charge in [-0.1, -0.05) is 12.1 Å². The van der Waals surface area contributed by atoms with Crippen LogP contribution in [0.5, 0.6) is 0 Å². The molecule has 0 spiro atoms. The Hall–Kier alpha value is -1.39. The van der Waals surface area contributed by atoms with Gasteiger partial charge in [0.1, 0.15) is 5.82 Å². The number of fused-ring (bicyclic) bond motifs is 1. The van der Waals surface area contributed by atoms with Gasteiger partial charge in [-0.05, 0) is 25.0 Å². The van der Waals surface area contributed by atoms with Crippen molar-refractivity contribution in [3.05, 3.63) is 30.1 Å². The second kappa shape index (κ2) is 5.80. The molecule has 0 fully saturated rings. The third kappa shape index (κ3) is 2.65. The molecule has 1 aromatic heterocycles. The van der Waals surface area contributed by atoms with Crippen LogP contribution in [0, 0.1) is 0 Å². The third-order valence-corrected chi connectivity index (χ3v) is 2.83. The van der Waals surface area contributed by atoms with Crippen LogP contribution in [0.3, 0.4) is 0 Å². The number of imidazole rings is 1. The lowest BCUT2D eigenvalue weighted by atomic mass is 10.3. The Morgan fingerprint density at radius 2 is 1.82 bits per heavy atom. The second-order valence-corrected chi connectivity index (χ2v) is 4.07. The van der Waals surface area contributed by atoms with Gasteiger partial charge in [0.05, 0.1) is 11.0 Å². The first-order valence-electron chi connectivity index (χ1n) is 6.02. The van der Waals surface area contributed by atoms with Crippen molar-refractivity contribution in [1.82, 2.24) is 9.55 Å². The summed E-state index contributed by atoms with van der Waals surface area (Å²) in [5, 5.41) is 17.8. The van der Waals surface area contributed by atoms with E-state index in [0.717, 1.165) is 42.7 Å². The van der Waals surface area contributed by atoms with E-state index in [9.17, 15) is 0 Å². The Bertz CT molecular complexity index is 479. The van der Waals surface area contributed by atoms with Crippen molar-refractivity contribution in [2.45, 2.75) is 25.8 Å². The van der Waals surface area contributed by atoms with Crippen molar-refractivity contribution < 1.29 is 10.2 Å². The Kier molecular flexibility index (Phi) is 4.12. The largest absolute Gasteiger partial charge is 0.396 e. The number of rotatable bonds is 6. The van der Waals surface area contributed by atoms with Gasteiger partial charge in [0.15, 0.2) is 0 Å². The summed E-state index contributed by atoms with van der Waals surface area (Å²) in [5.41, 5.74) is 2.09. The normalized spacial score (nSPS) is 11.2. The molecular weight excluding hydrogens is 216 g/mol. The molecule has 0 bridgehead atoms. The van der Waals surface area contributed by atoms with Crippen molar-refractivity contribution in [2.24, 2.45) is 0 Å². The minimum absolute atomic E-state index is 0.184. The predicted molar refractivity (Wildman–Crippen MR) is 66.8 cm³/mol. The van der Waals surface area contributed by atoms with E-state index in [0.29, 0.717) is 0 Å². The summed E-state index contributed by atoms with van der Waals surface area (Å²) < 4.78 is 2.14. The summed E-state index contributed by atoms with van der Waals surface area (Å²) in [6, 6.07) is 8.01. The Balaban J connectivity index is 2.34. The van der Waals surface area contributed by atoms with E-state index in [1.54, 1.807) is 0 Å². The van der Waals surface area contributed by atoms with Crippen LogP contribution in [-0.4, -0.2) is 33.0 Å². The smallest absolute Gasteiger partial charge is 0.109 e. The van der Waals surface area contributed by atoms with E-state index >= 15 is 0 Å². The van der Waals surface area contributed by atoms with Crippen molar-refractivity contribution in [1.29, 1.82) is 0 Å². The predicted octanol–water partition coefficient (Wildman–Crippen LogP) is 1.34. The van der Waals surface area contributed by atoms with Gasteiger partial charge in [0.25, 0.3) is 0 Å². The molecule has 0 aliphatic carbocycles. The van der Waals surface area contributed by atoms with Gasteiger partial charge < -0.3 is 14.8 Å². The van der Waals surface area contributed by atoms with Crippen molar-refractivity contribution in [3.8, 4) is 0 Å². The third-order valence-electron chi connectivity index (χ3n) is 2.83. The standard InChI is InChI=1S/C13H18N2O2/c16-9-3-7-13-14-11-5-1-2-6-12(11)15(13)8-4-10-17/h1-2,5-6,16-17H,3-4,7-10H2. The molecule has 2 N–H and O–H groups in total. The van der Waals surface area contributed by atoms with Crippen LogP contribution in [0.4, 0.5) is 0 Å². The Morgan fingerprint density at radius 3 is 2.59 bits per heavy atom. The molecule has 1 aromatic carbocycles. The maximum Gasteiger partial charge on any atom is 0.109 e. The van der Waals surface area contributed by atoms with Gasteiger partial charge in [0, 0.05) is 26.2 Å². The molecule has 17 heavy (non-hydrogen) atoms. The fraction of sp³-hybridized carbons (Fsp3) is 0.462. The number of benzene rings is 1. The maximum atomic E-state index is 8.93. The lowest BCUT2D eigenvalue weighted by Crippen LogP contribution is -2.06. The van der Waals surface area contributed by atoms with E-state index in [2.05, 4.69) is 9.55 Å². The zero-order chi connectivity index (χ0) is 12.1. The molecule has 0 aliphatic rings. The summed E-state index contributed by atoms with van der Waals surface area (Å²) in [4.78, 5) is 4.57. The van der Waals surface area contributed by atoms with Gasteiger partial charge in [-0.3, -0.25) is 0 Å². The number of hydrogen-bond acceptors (Lipinski definition) is 3. The van der Waals surface area contributed by atoms with Crippen LogP contribution in [-0.2, 0) is 13.0 Å². The van der Waals surface area contributed by atoms with Gasteiger partial charge in [0.2, 0.25) is 0 Å². The van der Waals surface area contributed by atoms with Crippen LogP contribution in [0.25, 0.3) is 11.0 Å². The zero-order valence-electron chi connectivity index (χ0n) is 9.84. The molecule has 0 radical (unpaired) electrons. The molecule has 4 heteroatoms. The maximum absolute atomic E-state index is 8.93. The second-order valence-electron chi connectivity index (χ2n) is 4.07. The van der Waals surface area contributed by atoms with Crippen LogP contribution < -0.4 is 0 Å². The average molecular weight is 234 g/mol. The van der Waals surface area contributed by atoms with E-state index in [-0.39, 0.29) is 13.2 Å². The quantitative estimate of drug-likeness (QED) is 0.793. The molecule has 0 aliphatic heterocycles. The van der Waals surface area contributed by atoms with Crippen LogP contribution in [0.2, 0.25) is 0 Å². The molecule has 0 saturated heterocycles. The number of aromatic nitrogens is 2. The minimum Gasteiger partial charge on any atom is -0.396 e. The van der Waals surface area contributed by atoms with Crippen LogP contribution in [0.15, 0.2) is 24.3 Å². The highest BCUT2D eigenvalue weighted by Crippen LogP contribution is 2.17. The molecule has 92 valence electrons. The molecule has 2 rings (SSSR count). The lowest BCUT2D eigenvalue weighted by Gasteiger charge is -2.07. The average Bonchev–Trinajstić information content (AvgIpc) is 2.71. The summed E-state index contributed by atoms with van der Waals surface area (Å²) in [5.74, 6) is 0.994. The number of nitrogens with zero attached hydrogens (tertiary/aromatic N) is 2. The van der Waals surface area contributed by atoms with E-state index in [1.807, 2.05) is 24.3 Å². The summed E-state index contributed by atoms with van der Waals surface area (Å²) in [6.45, 7) is 1.15. The van der Waals surface area contributed by atoms with Gasteiger partial charge in [-0.2, -0.15) is 0 Å². The number of aliphatic hydroxyl groups is 2. The topological polar surface area (TPSA) is 58.3 Å². The fourth-order valence-electron chi connectivity index (χ4n) is 2.03. The highest BCUT2D eigenvalue weighted by Gasteiger charge is 2.09. The summed E-state index contributed by atoms with van der Waals surface area (Å²) in [7, 11) is 0. The van der Waals surface area contributed by atoms with Gasteiger partial charge in [-0.15, -0.1) is 0 Å². The number of aliphatic hydroxyl groups excluding tert-OH is 2. The van der Waals surface area contributed by atoms with E-state index < -0.39 is 0 Å².